The van der Waals surface area contributed by atoms with Crippen molar-refractivity contribution in [1.29, 1.82) is 0 Å². The molecule has 2 heterocycles. The van der Waals surface area contributed by atoms with Gasteiger partial charge in [0, 0.05) is 12.1 Å². The number of hydrogen-bond acceptors (Lipinski definition) is 5. The summed E-state index contributed by atoms with van der Waals surface area (Å²) in [5.74, 6) is 2.46. The molecule has 0 saturated carbocycles. The minimum Gasteiger partial charge on any atom is -0.489 e. The van der Waals surface area contributed by atoms with Crippen LogP contribution in [0.2, 0.25) is 18.1 Å². The molecule has 2 aromatic carbocycles. The third-order valence-corrected chi connectivity index (χ3v) is 12.2. The Morgan fingerprint density at radius 3 is 2.43 bits per heavy atom. The van der Waals surface area contributed by atoms with Crippen LogP contribution in [0, 0.1) is 5.92 Å². The Labute approximate surface area is 221 Å². The summed E-state index contributed by atoms with van der Waals surface area (Å²) in [5.41, 5.74) is 4.60. The summed E-state index contributed by atoms with van der Waals surface area (Å²) in [4.78, 5) is 9.15. The van der Waals surface area contributed by atoms with Crippen LogP contribution in [0.25, 0.3) is 11.5 Å². The van der Waals surface area contributed by atoms with Gasteiger partial charge in [-0.1, -0.05) is 63.2 Å². The monoisotopic (exact) mass is 512 g/mol. The number of aromatic nitrogens is 2. The zero-order chi connectivity index (χ0) is 26.0. The summed E-state index contributed by atoms with van der Waals surface area (Å²) < 4.78 is 19.4. The highest BCUT2D eigenvalue weighted by molar-refractivity contribution is 6.74. The fourth-order valence-corrected chi connectivity index (χ4v) is 5.84. The summed E-state index contributed by atoms with van der Waals surface area (Å²) in [6.45, 7) is 12.0. The van der Waals surface area contributed by atoms with Crippen molar-refractivity contribution in [3.63, 3.8) is 0 Å². The lowest BCUT2D eigenvalue weighted by molar-refractivity contribution is 0.0951. The molecule has 0 fully saturated rings. The predicted octanol–water partition coefficient (Wildman–Crippen LogP) is 7.79. The van der Waals surface area contributed by atoms with Crippen LogP contribution in [0.1, 0.15) is 49.5 Å². The maximum atomic E-state index is 7.02. The molecule has 1 aliphatic carbocycles. The van der Waals surface area contributed by atoms with Gasteiger partial charge in [-0.2, -0.15) is 0 Å². The van der Waals surface area contributed by atoms with Gasteiger partial charge in [0.05, 0.1) is 6.20 Å². The molecule has 0 radical (unpaired) electrons. The van der Waals surface area contributed by atoms with Crippen molar-refractivity contribution in [3.05, 3.63) is 102 Å². The van der Waals surface area contributed by atoms with Crippen LogP contribution in [0.15, 0.2) is 83.5 Å². The lowest BCUT2D eigenvalue weighted by Crippen LogP contribution is -2.43. The van der Waals surface area contributed by atoms with Gasteiger partial charge < -0.3 is 13.6 Å². The van der Waals surface area contributed by atoms with Crippen molar-refractivity contribution in [1.82, 2.24) is 9.97 Å². The van der Waals surface area contributed by atoms with Crippen LogP contribution in [0.4, 0.5) is 0 Å². The van der Waals surface area contributed by atoms with E-state index in [4.69, 9.17) is 18.6 Å². The summed E-state index contributed by atoms with van der Waals surface area (Å²) >= 11 is 0. The third kappa shape index (κ3) is 5.70. The number of pyridine rings is 1. The molecule has 5 nitrogen and oxygen atoms in total. The molecule has 2 unspecified atom stereocenters. The van der Waals surface area contributed by atoms with E-state index in [2.05, 4.69) is 69.2 Å². The number of hydrogen-bond donors (Lipinski definition) is 0. The lowest BCUT2D eigenvalue weighted by Gasteiger charge is -2.40. The van der Waals surface area contributed by atoms with Gasteiger partial charge in [-0.05, 0) is 71.9 Å². The molecule has 0 N–H and O–H groups in total. The van der Waals surface area contributed by atoms with Gasteiger partial charge in [0.2, 0.25) is 5.89 Å². The van der Waals surface area contributed by atoms with Crippen molar-refractivity contribution < 1.29 is 13.6 Å². The SMILES string of the molecule is CC(C)(C)[Si](C)(C)OC(c1ncc(-c2ccccn2)o1)C1Cc2ccc(OCc3ccccc3)cc2C1. The molecule has 192 valence electrons. The highest BCUT2D eigenvalue weighted by Gasteiger charge is 2.44. The van der Waals surface area contributed by atoms with Crippen LogP contribution in [-0.2, 0) is 23.9 Å². The quantitative estimate of drug-likeness (QED) is 0.226. The summed E-state index contributed by atoms with van der Waals surface area (Å²) in [6, 6.07) is 22.5. The van der Waals surface area contributed by atoms with Gasteiger partial charge in [0.25, 0.3) is 0 Å². The van der Waals surface area contributed by atoms with Gasteiger partial charge in [-0.25, -0.2) is 4.98 Å². The van der Waals surface area contributed by atoms with Gasteiger partial charge in [0.15, 0.2) is 14.1 Å². The zero-order valence-corrected chi connectivity index (χ0v) is 23.4. The molecular formula is C31H36N2O3Si. The Morgan fingerprint density at radius 2 is 1.70 bits per heavy atom. The summed E-state index contributed by atoms with van der Waals surface area (Å²) in [7, 11) is -2.09. The molecule has 2 aromatic heterocycles. The molecule has 37 heavy (non-hydrogen) atoms. The highest BCUT2D eigenvalue weighted by atomic mass is 28.4. The number of ether oxygens (including phenoxy) is 1. The standard InChI is InChI=1S/C31H36N2O3Si/c1-31(2,3)37(4,5)36-29(30-33-20-28(35-30)27-13-9-10-16-32-27)25-17-23-14-15-26(19-24(23)18-25)34-21-22-11-7-6-8-12-22/h6-16,19-20,25,29H,17-18,21H2,1-5H3. The van der Waals surface area contributed by atoms with E-state index in [-0.39, 0.29) is 17.1 Å². The minimum absolute atomic E-state index is 0.0750. The van der Waals surface area contributed by atoms with E-state index in [1.807, 2.05) is 36.4 Å². The Hall–Kier alpha value is -3.22. The van der Waals surface area contributed by atoms with E-state index in [1.54, 1.807) is 12.4 Å². The maximum absolute atomic E-state index is 7.02. The van der Waals surface area contributed by atoms with E-state index in [0.717, 1.165) is 29.8 Å². The molecule has 0 amide bonds. The highest BCUT2D eigenvalue weighted by Crippen LogP contribution is 2.45. The number of rotatable bonds is 8. The third-order valence-electron chi connectivity index (χ3n) is 7.73. The minimum atomic E-state index is -2.09. The molecule has 0 saturated heterocycles. The van der Waals surface area contributed by atoms with E-state index in [0.29, 0.717) is 18.3 Å². The molecule has 5 rings (SSSR count). The topological polar surface area (TPSA) is 57.4 Å². The molecule has 4 aromatic rings. The van der Waals surface area contributed by atoms with Gasteiger partial charge in [-0.3, -0.25) is 4.98 Å². The van der Waals surface area contributed by atoms with Crippen molar-refractivity contribution in [2.45, 2.75) is 64.5 Å². The maximum Gasteiger partial charge on any atom is 0.223 e. The number of fused-ring (bicyclic) bond motifs is 1. The average molecular weight is 513 g/mol. The molecule has 0 aliphatic heterocycles. The van der Waals surface area contributed by atoms with Gasteiger partial charge in [0.1, 0.15) is 24.2 Å². The Balaban J connectivity index is 1.38. The zero-order valence-electron chi connectivity index (χ0n) is 22.4. The fourth-order valence-electron chi connectivity index (χ4n) is 4.56. The smallest absolute Gasteiger partial charge is 0.223 e. The average Bonchev–Trinajstić information content (AvgIpc) is 3.54. The normalized spacial score (nSPS) is 16.4. The molecular weight excluding hydrogens is 476 g/mol. The predicted molar refractivity (Wildman–Crippen MR) is 149 cm³/mol. The van der Waals surface area contributed by atoms with Crippen molar-refractivity contribution >= 4 is 8.32 Å². The first-order valence-corrected chi connectivity index (χ1v) is 15.9. The van der Waals surface area contributed by atoms with Crippen molar-refractivity contribution in [2.75, 3.05) is 0 Å². The van der Waals surface area contributed by atoms with Gasteiger partial charge >= 0.3 is 0 Å². The first-order chi connectivity index (χ1) is 17.7. The van der Waals surface area contributed by atoms with Crippen LogP contribution < -0.4 is 4.74 Å². The summed E-state index contributed by atoms with van der Waals surface area (Å²) in [6.07, 6.45) is 5.15. The molecule has 0 spiro atoms. The van der Waals surface area contributed by atoms with Crippen LogP contribution in [0.3, 0.4) is 0 Å². The Bertz CT molecular complexity index is 1330. The van der Waals surface area contributed by atoms with E-state index < -0.39 is 8.32 Å². The fraction of sp³-hybridized carbons (Fsp3) is 0.355. The van der Waals surface area contributed by atoms with Crippen LogP contribution in [-0.4, -0.2) is 18.3 Å². The molecule has 1 aliphatic rings. The van der Waals surface area contributed by atoms with Crippen LogP contribution in [0.5, 0.6) is 5.75 Å². The first kappa shape index (κ1) is 25.4. The van der Waals surface area contributed by atoms with E-state index >= 15 is 0 Å². The second-order valence-corrected chi connectivity index (χ2v) is 16.2. The molecule has 6 heteroatoms. The summed E-state index contributed by atoms with van der Waals surface area (Å²) in [5, 5.41) is 0.0750. The molecule has 2 atom stereocenters. The Morgan fingerprint density at radius 1 is 0.946 bits per heavy atom. The number of oxazole rings is 1. The second-order valence-electron chi connectivity index (χ2n) is 11.4. The van der Waals surface area contributed by atoms with Crippen molar-refractivity contribution in [3.8, 4) is 17.2 Å². The first-order valence-electron chi connectivity index (χ1n) is 13.0. The lowest BCUT2D eigenvalue weighted by atomic mass is 9.99. The molecule has 0 bridgehead atoms. The van der Waals surface area contributed by atoms with Crippen LogP contribution >= 0.6 is 0 Å². The van der Waals surface area contributed by atoms with E-state index in [1.165, 1.54) is 11.1 Å². The van der Waals surface area contributed by atoms with E-state index in [9.17, 15) is 0 Å². The van der Waals surface area contributed by atoms with Gasteiger partial charge in [-0.15, -0.1) is 0 Å². The second kappa shape index (κ2) is 10.3. The number of benzene rings is 2. The van der Waals surface area contributed by atoms with Crippen molar-refractivity contribution in [2.24, 2.45) is 5.92 Å². The largest absolute Gasteiger partial charge is 0.489 e. The number of nitrogens with zero attached hydrogens (tertiary/aromatic N) is 2. The Kier molecular flexibility index (Phi) is 7.06.